The second kappa shape index (κ2) is 6.88. The second-order valence-electron chi connectivity index (χ2n) is 7.32. The maximum atomic E-state index is 12.7. The Balaban J connectivity index is 2.22. The van der Waals surface area contributed by atoms with Crippen LogP contribution in [-0.2, 0) is 19.2 Å². The first kappa shape index (κ1) is 20.8. The van der Waals surface area contributed by atoms with Gasteiger partial charge >= 0.3 is 22.6 Å². The first-order valence-corrected chi connectivity index (χ1v) is 9.48. The minimum absolute atomic E-state index is 0.0846. The third-order valence-corrected chi connectivity index (χ3v) is 5.45. The van der Waals surface area contributed by atoms with E-state index in [1.54, 1.807) is 20.8 Å². The molecule has 0 aromatic carbocycles. The van der Waals surface area contributed by atoms with Crippen LogP contribution in [0.1, 0.15) is 47.0 Å². The quantitative estimate of drug-likeness (QED) is 0.708. The van der Waals surface area contributed by atoms with Gasteiger partial charge in [-0.2, -0.15) is 25.9 Å². The van der Waals surface area contributed by atoms with Crippen LogP contribution < -0.4 is 0 Å². The Labute approximate surface area is 150 Å². The second-order valence-corrected chi connectivity index (χ2v) is 8.76. The number of carbonyl (C=O) groups excluding carboxylic acids is 1. The molecule has 1 fully saturated rings. The maximum absolute atomic E-state index is 12.7. The van der Waals surface area contributed by atoms with Crippen molar-refractivity contribution in [1.29, 1.82) is 0 Å². The number of allylic oxidation sites excluding steroid dienone is 3. The molecular weight excluding hydrogens is 375 g/mol. The summed E-state index contributed by atoms with van der Waals surface area (Å²) in [7, 11) is -4.31. The van der Waals surface area contributed by atoms with Crippen LogP contribution >= 0.6 is 0 Å². The summed E-state index contributed by atoms with van der Waals surface area (Å²) in [5, 5.41) is 0. The minimum atomic E-state index is -4.38. The lowest BCUT2D eigenvalue weighted by atomic mass is 9.92. The number of hydrogen-bond donors (Lipinski definition) is 0. The molecule has 1 aliphatic heterocycles. The topological polar surface area (TPSA) is 72.9 Å². The highest BCUT2D eigenvalue weighted by Gasteiger charge is 2.49. The van der Waals surface area contributed by atoms with Gasteiger partial charge in [0, 0.05) is 5.57 Å². The summed E-state index contributed by atoms with van der Waals surface area (Å²) < 4.78 is 73.0. The molecule has 2 rings (SSSR count). The summed E-state index contributed by atoms with van der Waals surface area (Å²) in [5.74, 6) is 0. The summed E-state index contributed by atoms with van der Waals surface area (Å²) >= 11 is 0. The number of rotatable bonds is 2. The van der Waals surface area contributed by atoms with Gasteiger partial charge < -0.3 is 4.74 Å². The van der Waals surface area contributed by atoms with E-state index in [2.05, 4.69) is 0 Å². The normalized spacial score (nSPS) is 26.3. The summed E-state index contributed by atoms with van der Waals surface area (Å²) in [6.45, 7) is 6.28. The molecule has 0 saturated carbocycles. The zero-order chi connectivity index (χ0) is 19.9. The standard InChI is InChI=1S/C16H22F3NO5S/c1-10-13(9-11-5-7-12(8-6-11)16(17,18)19)20(26(22,23)25-10)14(21)24-15(2,3)4/h5,7,10,13H,6,8-9H2,1-4H3/t10-,13-/m0/s1. The van der Waals surface area contributed by atoms with Crippen LogP contribution in [0, 0.1) is 0 Å². The van der Waals surface area contributed by atoms with Crippen LogP contribution in [0.2, 0.25) is 0 Å². The molecule has 1 amide bonds. The van der Waals surface area contributed by atoms with Crippen LogP contribution in [0.25, 0.3) is 0 Å². The van der Waals surface area contributed by atoms with Crippen molar-refractivity contribution in [1.82, 2.24) is 4.31 Å². The lowest BCUT2D eigenvalue weighted by Crippen LogP contribution is -2.44. The van der Waals surface area contributed by atoms with Gasteiger partial charge in [-0.1, -0.05) is 17.7 Å². The molecule has 1 aliphatic carbocycles. The SMILES string of the molecule is C[C@@H]1OS(=O)(=O)N(C(=O)OC(C)(C)C)[C@H]1CC1=CC=C(C(F)(F)F)CC1. The van der Waals surface area contributed by atoms with Crippen molar-refractivity contribution >= 4 is 16.4 Å². The number of hydrogen-bond acceptors (Lipinski definition) is 5. The number of ether oxygens (including phenoxy) is 1. The molecule has 0 aromatic heterocycles. The molecule has 148 valence electrons. The third-order valence-electron chi connectivity index (χ3n) is 4.00. The van der Waals surface area contributed by atoms with E-state index in [-0.39, 0.29) is 19.3 Å². The van der Waals surface area contributed by atoms with E-state index in [1.165, 1.54) is 13.0 Å². The molecule has 0 bridgehead atoms. The first-order chi connectivity index (χ1) is 11.7. The molecule has 2 atom stereocenters. The fourth-order valence-electron chi connectivity index (χ4n) is 2.80. The molecule has 0 spiro atoms. The number of nitrogens with zero attached hydrogens (tertiary/aromatic N) is 1. The highest BCUT2D eigenvalue weighted by Crippen LogP contribution is 2.36. The van der Waals surface area contributed by atoms with Gasteiger partial charge in [-0.05, 0) is 47.0 Å². The fraction of sp³-hybridized carbons (Fsp3) is 0.688. The van der Waals surface area contributed by atoms with Gasteiger partial charge in [0.1, 0.15) is 5.60 Å². The predicted octanol–water partition coefficient (Wildman–Crippen LogP) is 3.85. The maximum Gasteiger partial charge on any atom is 0.426 e. The van der Waals surface area contributed by atoms with E-state index >= 15 is 0 Å². The van der Waals surface area contributed by atoms with Gasteiger partial charge in [-0.15, -0.1) is 0 Å². The molecular formula is C16H22F3NO5S. The lowest BCUT2D eigenvalue weighted by molar-refractivity contribution is -0.0941. The van der Waals surface area contributed by atoms with Crippen LogP contribution in [-0.4, -0.2) is 42.7 Å². The predicted molar refractivity (Wildman–Crippen MR) is 87.4 cm³/mol. The Morgan fingerprint density at radius 3 is 2.35 bits per heavy atom. The summed E-state index contributed by atoms with van der Waals surface area (Å²) in [4.78, 5) is 12.3. The average Bonchev–Trinajstić information content (AvgIpc) is 2.65. The Kier molecular flexibility index (Phi) is 5.49. The van der Waals surface area contributed by atoms with Gasteiger partial charge in [-0.25, -0.2) is 8.98 Å². The van der Waals surface area contributed by atoms with Crippen molar-refractivity contribution in [3.8, 4) is 0 Å². The van der Waals surface area contributed by atoms with Crippen LogP contribution in [0.4, 0.5) is 18.0 Å². The summed E-state index contributed by atoms with van der Waals surface area (Å²) in [6.07, 6.45) is -3.91. The van der Waals surface area contributed by atoms with Gasteiger partial charge in [0.2, 0.25) is 0 Å². The highest BCUT2D eigenvalue weighted by atomic mass is 32.2. The van der Waals surface area contributed by atoms with Crippen molar-refractivity contribution in [2.75, 3.05) is 0 Å². The van der Waals surface area contributed by atoms with Crippen LogP contribution in [0.3, 0.4) is 0 Å². The molecule has 0 radical (unpaired) electrons. The Morgan fingerprint density at radius 2 is 1.88 bits per heavy atom. The van der Waals surface area contributed by atoms with Crippen molar-refractivity contribution in [2.24, 2.45) is 0 Å². The van der Waals surface area contributed by atoms with E-state index in [0.717, 1.165) is 6.08 Å². The van der Waals surface area contributed by atoms with E-state index in [4.69, 9.17) is 8.92 Å². The van der Waals surface area contributed by atoms with Gasteiger partial charge in [0.05, 0.1) is 12.1 Å². The van der Waals surface area contributed by atoms with Crippen molar-refractivity contribution < 1.29 is 35.3 Å². The van der Waals surface area contributed by atoms with Gasteiger partial charge in [-0.3, -0.25) is 0 Å². The Morgan fingerprint density at radius 1 is 1.27 bits per heavy atom. The monoisotopic (exact) mass is 397 g/mol. The van der Waals surface area contributed by atoms with Crippen LogP contribution in [0.5, 0.6) is 0 Å². The van der Waals surface area contributed by atoms with E-state index in [9.17, 15) is 26.4 Å². The smallest absolute Gasteiger partial charge is 0.426 e. The lowest BCUT2D eigenvalue weighted by Gasteiger charge is -2.27. The van der Waals surface area contributed by atoms with Crippen molar-refractivity contribution in [2.45, 2.75) is 70.9 Å². The Bertz CT molecular complexity index is 734. The molecule has 1 heterocycles. The molecule has 0 N–H and O–H groups in total. The zero-order valence-corrected chi connectivity index (χ0v) is 15.8. The molecule has 1 saturated heterocycles. The third kappa shape index (κ3) is 4.79. The van der Waals surface area contributed by atoms with Gasteiger partial charge in [0.15, 0.2) is 0 Å². The number of carbonyl (C=O) groups is 1. The first-order valence-electron chi connectivity index (χ1n) is 8.12. The number of alkyl halides is 3. The zero-order valence-electron chi connectivity index (χ0n) is 15.0. The van der Waals surface area contributed by atoms with E-state index in [1.807, 2.05) is 0 Å². The Hall–Kier alpha value is -1.55. The fourth-order valence-corrected chi connectivity index (χ4v) is 4.20. The molecule has 0 aromatic rings. The minimum Gasteiger partial charge on any atom is -0.443 e. The number of halogens is 3. The largest absolute Gasteiger partial charge is 0.443 e. The van der Waals surface area contributed by atoms with E-state index in [0.29, 0.717) is 9.88 Å². The highest BCUT2D eigenvalue weighted by molar-refractivity contribution is 7.85. The molecule has 2 aliphatic rings. The molecule has 26 heavy (non-hydrogen) atoms. The van der Waals surface area contributed by atoms with Gasteiger partial charge in [0.25, 0.3) is 0 Å². The van der Waals surface area contributed by atoms with Crippen LogP contribution in [0.15, 0.2) is 23.3 Å². The van der Waals surface area contributed by atoms with Crippen molar-refractivity contribution in [3.05, 3.63) is 23.3 Å². The van der Waals surface area contributed by atoms with Crippen molar-refractivity contribution in [3.63, 3.8) is 0 Å². The average molecular weight is 397 g/mol. The summed E-state index contributed by atoms with van der Waals surface area (Å²) in [5.41, 5.74) is -0.921. The number of amides is 1. The van der Waals surface area contributed by atoms with E-state index < -0.39 is 45.9 Å². The summed E-state index contributed by atoms with van der Waals surface area (Å²) in [6, 6.07) is -0.873. The molecule has 0 unspecified atom stereocenters. The molecule has 10 heteroatoms. The molecule has 6 nitrogen and oxygen atoms in total.